The number of para-hydroxylation sites is 2. The number of ether oxygens (including phenoxy) is 2. The molecule has 0 aliphatic carbocycles. The van der Waals surface area contributed by atoms with Gasteiger partial charge in [-0.25, -0.2) is 4.79 Å². The van der Waals surface area contributed by atoms with Crippen molar-refractivity contribution in [3.05, 3.63) is 84.2 Å². The molecule has 1 atom stereocenters. The molecule has 0 bridgehead atoms. The zero-order chi connectivity index (χ0) is 24.1. The molecule has 1 amide bonds. The Balaban J connectivity index is 3.00. The normalized spacial score (nSPS) is 14.2. The van der Waals surface area contributed by atoms with Gasteiger partial charge in [-0.3, -0.25) is 4.79 Å². The SMILES string of the molecule is C\C=C/C(=C\C=C\C(C)(C)C)C(=O)Oc1ccccc1NC(=O)C(C)/C=C\C(=C/C)OC. The van der Waals surface area contributed by atoms with Crippen LogP contribution in [0.5, 0.6) is 5.75 Å². The molecule has 0 radical (unpaired) electrons. The minimum Gasteiger partial charge on any atom is -0.497 e. The molecule has 32 heavy (non-hydrogen) atoms. The zero-order valence-electron chi connectivity index (χ0n) is 20.1. The summed E-state index contributed by atoms with van der Waals surface area (Å²) in [5.41, 5.74) is 0.832. The number of benzene rings is 1. The van der Waals surface area contributed by atoms with E-state index in [1.54, 1.807) is 68.7 Å². The Kier molecular flexibility index (Phi) is 11.0. The number of hydrogen-bond donors (Lipinski definition) is 1. The van der Waals surface area contributed by atoms with E-state index in [-0.39, 0.29) is 17.1 Å². The fraction of sp³-hybridized carbons (Fsp3) is 0.333. The number of carbonyl (C=O) groups excluding carboxylic acids is 2. The molecular formula is C27H35NO4. The molecule has 0 saturated heterocycles. The Hall–Kier alpha value is -3.34. The smallest absolute Gasteiger partial charge is 0.343 e. The number of methoxy groups -OCH3 is 1. The van der Waals surface area contributed by atoms with Gasteiger partial charge in [0.15, 0.2) is 5.75 Å². The van der Waals surface area contributed by atoms with Crippen LogP contribution in [0.4, 0.5) is 5.69 Å². The number of nitrogens with one attached hydrogen (secondary N) is 1. The number of esters is 1. The van der Waals surface area contributed by atoms with Crippen molar-refractivity contribution in [2.75, 3.05) is 12.4 Å². The van der Waals surface area contributed by atoms with Crippen molar-refractivity contribution in [1.82, 2.24) is 0 Å². The van der Waals surface area contributed by atoms with Crippen LogP contribution >= 0.6 is 0 Å². The van der Waals surface area contributed by atoms with Gasteiger partial charge < -0.3 is 14.8 Å². The van der Waals surface area contributed by atoms with Gasteiger partial charge in [0.25, 0.3) is 0 Å². The van der Waals surface area contributed by atoms with Gasteiger partial charge in [-0.2, -0.15) is 0 Å². The van der Waals surface area contributed by atoms with Gasteiger partial charge in [0.1, 0.15) is 5.76 Å². The van der Waals surface area contributed by atoms with E-state index < -0.39 is 11.9 Å². The van der Waals surface area contributed by atoms with Gasteiger partial charge in [-0.15, -0.1) is 0 Å². The predicted octanol–water partition coefficient (Wildman–Crippen LogP) is 6.38. The molecular weight excluding hydrogens is 402 g/mol. The first kappa shape index (κ1) is 26.7. The Morgan fingerprint density at radius 3 is 2.38 bits per heavy atom. The highest BCUT2D eigenvalue weighted by atomic mass is 16.5. The van der Waals surface area contributed by atoms with Gasteiger partial charge in [0.05, 0.1) is 24.3 Å². The first-order chi connectivity index (χ1) is 15.1. The lowest BCUT2D eigenvalue weighted by atomic mass is 9.96. The molecule has 1 aromatic rings. The molecule has 1 N–H and O–H groups in total. The lowest BCUT2D eigenvalue weighted by Gasteiger charge is -2.13. The largest absolute Gasteiger partial charge is 0.497 e. The van der Waals surface area contributed by atoms with E-state index in [1.807, 2.05) is 32.1 Å². The van der Waals surface area contributed by atoms with Crippen LogP contribution in [0, 0.1) is 11.3 Å². The van der Waals surface area contributed by atoms with Gasteiger partial charge >= 0.3 is 5.97 Å². The average Bonchev–Trinajstić information content (AvgIpc) is 2.74. The number of allylic oxidation sites excluding steroid dienone is 6. The van der Waals surface area contributed by atoms with E-state index >= 15 is 0 Å². The first-order valence-electron chi connectivity index (χ1n) is 10.6. The molecule has 0 heterocycles. The van der Waals surface area contributed by atoms with Gasteiger partial charge in [-0.05, 0) is 49.6 Å². The zero-order valence-corrected chi connectivity index (χ0v) is 20.1. The first-order valence-corrected chi connectivity index (χ1v) is 10.6. The summed E-state index contributed by atoms with van der Waals surface area (Å²) in [6.45, 7) is 11.7. The lowest BCUT2D eigenvalue weighted by Crippen LogP contribution is -2.20. The molecule has 1 unspecified atom stereocenters. The molecule has 5 heteroatoms. The average molecular weight is 438 g/mol. The Labute approximate surface area is 192 Å². The number of amides is 1. The Morgan fingerprint density at radius 2 is 1.78 bits per heavy atom. The molecule has 5 nitrogen and oxygen atoms in total. The van der Waals surface area contributed by atoms with Crippen molar-refractivity contribution in [3.8, 4) is 5.75 Å². The van der Waals surface area contributed by atoms with Crippen molar-refractivity contribution in [2.45, 2.75) is 41.5 Å². The van der Waals surface area contributed by atoms with Crippen LogP contribution in [0.25, 0.3) is 0 Å². The third kappa shape index (κ3) is 9.65. The van der Waals surface area contributed by atoms with Crippen LogP contribution in [-0.4, -0.2) is 19.0 Å². The van der Waals surface area contributed by atoms with E-state index in [1.165, 1.54) is 0 Å². The Morgan fingerprint density at radius 1 is 1.09 bits per heavy atom. The molecule has 1 rings (SSSR count). The van der Waals surface area contributed by atoms with Crippen LogP contribution in [0.1, 0.15) is 41.5 Å². The van der Waals surface area contributed by atoms with Gasteiger partial charge in [0.2, 0.25) is 5.91 Å². The second-order valence-electron chi connectivity index (χ2n) is 8.27. The summed E-state index contributed by atoms with van der Waals surface area (Å²) in [6, 6.07) is 6.86. The van der Waals surface area contributed by atoms with E-state index in [2.05, 4.69) is 26.1 Å². The molecule has 0 aromatic heterocycles. The molecule has 0 saturated carbocycles. The monoisotopic (exact) mass is 437 g/mol. The molecule has 0 aliphatic heterocycles. The van der Waals surface area contributed by atoms with Gasteiger partial charge in [-0.1, -0.05) is 70.2 Å². The number of hydrogen-bond acceptors (Lipinski definition) is 4. The molecule has 0 spiro atoms. The highest BCUT2D eigenvalue weighted by Gasteiger charge is 2.16. The topological polar surface area (TPSA) is 64.6 Å². The summed E-state index contributed by atoms with van der Waals surface area (Å²) in [7, 11) is 1.57. The minimum absolute atomic E-state index is 0.000399. The number of carbonyl (C=O) groups is 2. The molecule has 172 valence electrons. The van der Waals surface area contributed by atoms with Crippen LogP contribution in [0.2, 0.25) is 0 Å². The van der Waals surface area contributed by atoms with Crippen molar-refractivity contribution < 1.29 is 19.1 Å². The van der Waals surface area contributed by atoms with Crippen molar-refractivity contribution in [2.24, 2.45) is 11.3 Å². The van der Waals surface area contributed by atoms with Crippen LogP contribution < -0.4 is 10.1 Å². The van der Waals surface area contributed by atoms with Crippen LogP contribution in [0.15, 0.2) is 84.2 Å². The number of anilines is 1. The lowest BCUT2D eigenvalue weighted by molar-refractivity contribution is -0.129. The number of rotatable bonds is 9. The van der Waals surface area contributed by atoms with Crippen molar-refractivity contribution in [3.63, 3.8) is 0 Å². The maximum Gasteiger partial charge on any atom is 0.343 e. The van der Waals surface area contributed by atoms with E-state index in [4.69, 9.17) is 9.47 Å². The second kappa shape index (κ2) is 13.2. The maximum atomic E-state index is 12.8. The highest BCUT2D eigenvalue weighted by Crippen LogP contribution is 2.26. The minimum atomic E-state index is -0.505. The fourth-order valence-corrected chi connectivity index (χ4v) is 2.48. The third-order valence-electron chi connectivity index (χ3n) is 4.28. The maximum absolute atomic E-state index is 12.8. The standard InChI is InChI=1S/C27H35NO4/c1-8-13-21(14-12-19-27(4,5)6)26(30)32-24-16-11-10-15-23(24)28-25(29)20(3)17-18-22(9-2)31-7/h8-20H,1-7H3,(H,28,29)/b13-8-,18-17-,19-12+,21-14+,22-9+. The van der Waals surface area contributed by atoms with Crippen molar-refractivity contribution in [1.29, 1.82) is 0 Å². The molecule has 1 aromatic carbocycles. The summed E-state index contributed by atoms with van der Waals surface area (Å²) in [6.07, 6.45) is 14.3. The van der Waals surface area contributed by atoms with Gasteiger partial charge in [0, 0.05) is 0 Å². The Bertz CT molecular complexity index is 927. The van der Waals surface area contributed by atoms with E-state index in [0.717, 1.165) is 0 Å². The summed E-state index contributed by atoms with van der Waals surface area (Å²) in [4.78, 5) is 25.4. The fourth-order valence-electron chi connectivity index (χ4n) is 2.48. The highest BCUT2D eigenvalue weighted by molar-refractivity contribution is 5.97. The summed E-state index contributed by atoms with van der Waals surface area (Å²) in [5, 5.41) is 2.83. The summed E-state index contributed by atoms with van der Waals surface area (Å²) < 4.78 is 10.8. The predicted molar refractivity (Wildman–Crippen MR) is 131 cm³/mol. The molecule has 0 aliphatic rings. The van der Waals surface area contributed by atoms with E-state index in [9.17, 15) is 9.59 Å². The third-order valence-corrected chi connectivity index (χ3v) is 4.28. The molecule has 0 fully saturated rings. The van der Waals surface area contributed by atoms with Crippen LogP contribution in [-0.2, 0) is 14.3 Å². The quantitative estimate of drug-likeness (QED) is 0.160. The summed E-state index contributed by atoms with van der Waals surface area (Å²) in [5.74, 6) is -0.196. The second-order valence-corrected chi connectivity index (χ2v) is 8.27. The summed E-state index contributed by atoms with van der Waals surface area (Å²) >= 11 is 0. The van der Waals surface area contributed by atoms with Crippen molar-refractivity contribution >= 4 is 17.6 Å². The van der Waals surface area contributed by atoms with Crippen LogP contribution in [0.3, 0.4) is 0 Å². The van der Waals surface area contributed by atoms with E-state index in [0.29, 0.717) is 17.0 Å².